The SMILES string of the molecule is CO/C(=C(\N)C(=O)NCCCc1cncc(F)c1)c1ccc(OC)c(C(=O)O)c1. The fraction of sp³-hybridized carbons (Fsp3) is 0.250. The Morgan fingerprint density at radius 3 is 2.62 bits per heavy atom. The van der Waals surface area contributed by atoms with Gasteiger partial charge in [-0.05, 0) is 42.7 Å². The van der Waals surface area contributed by atoms with Crippen LogP contribution in [0.2, 0.25) is 0 Å². The van der Waals surface area contributed by atoms with Crippen LogP contribution in [0.4, 0.5) is 4.39 Å². The highest BCUT2D eigenvalue weighted by molar-refractivity contribution is 5.99. The van der Waals surface area contributed by atoms with Gasteiger partial charge in [0.2, 0.25) is 0 Å². The molecule has 8 nitrogen and oxygen atoms in total. The number of carbonyl (C=O) groups is 2. The van der Waals surface area contributed by atoms with Gasteiger partial charge in [-0.15, -0.1) is 0 Å². The molecular formula is C20H22FN3O5. The normalized spacial score (nSPS) is 11.4. The lowest BCUT2D eigenvalue weighted by Crippen LogP contribution is -2.30. The van der Waals surface area contributed by atoms with Crippen molar-refractivity contribution < 1.29 is 28.6 Å². The number of aromatic carboxylic acids is 1. The highest BCUT2D eigenvalue weighted by Gasteiger charge is 2.18. The number of hydrogen-bond acceptors (Lipinski definition) is 6. The van der Waals surface area contributed by atoms with E-state index in [9.17, 15) is 19.1 Å². The van der Waals surface area contributed by atoms with Crippen molar-refractivity contribution in [3.8, 4) is 5.75 Å². The smallest absolute Gasteiger partial charge is 0.339 e. The summed E-state index contributed by atoms with van der Waals surface area (Å²) in [7, 11) is 2.69. The second kappa shape index (κ2) is 10.1. The highest BCUT2D eigenvalue weighted by Crippen LogP contribution is 2.25. The maximum atomic E-state index is 13.1. The van der Waals surface area contributed by atoms with E-state index in [-0.39, 0.29) is 22.8 Å². The van der Waals surface area contributed by atoms with Crippen LogP contribution in [0.15, 0.2) is 42.4 Å². The van der Waals surface area contributed by atoms with Gasteiger partial charge in [-0.25, -0.2) is 9.18 Å². The molecule has 1 amide bonds. The molecule has 9 heteroatoms. The van der Waals surface area contributed by atoms with Crippen molar-refractivity contribution in [3.05, 3.63) is 64.9 Å². The third-order valence-electron chi connectivity index (χ3n) is 4.07. The summed E-state index contributed by atoms with van der Waals surface area (Å²) in [6, 6.07) is 5.70. The fourth-order valence-corrected chi connectivity index (χ4v) is 2.69. The largest absolute Gasteiger partial charge is 0.496 e. The molecular weight excluding hydrogens is 381 g/mol. The Labute approximate surface area is 167 Å². The molecule has 0 unspecified atom stereocenters. The molecule has 1 aromatic heterocycles. The van der Waals surface area contributed by atoms with Crippen LogP contribution in [0.1, 0.15) is 27.9 Å². The number of nitrogens with two attached hydrogens (primary N) is 1. The molecule has 2 rings (SSSR count). The molecule has 0 fully saturated rings. The average molecular weight is 403 g/mol. The average Bonchev–Trinajstić information content (AvgIpc) is 2.71. The molecule has 0 bridgehead atoms. The Kier molecular flexibility index (Phi) is 7.53. The molecule has 0 saturated carbocycles. The maximum Gasteiger partial charge on any atom is 0.339 e. The van der Waals surface area contributed by atoms with E-state index in [1.54, 1.807) is 12.3 Å². The van der Waals surface area contributed by atoms with E-state index in [1.165, 1.54) is 32.4 Å². The second-order valence-corrected chi connectivity index (χ2v) is 6.04. The molecule has 0 aliphatic carbocycles. The molecule has 2 aromatic rings. The number of aryl methyl sites for hydroxylation is 1. The number of nitrogens with zero attached hydrogens (tertiary/aromatic N) is 1. The van der Waals surface area contributed by atoms with Crippen LogP contribution >= 0.6 is 0 Å². The molecule has 29 heavy (non-hydrogen) atoms. The first kappa shape index (κ1) is 21.7. The van der Waals surface area contributed by atoms with Crippen LogP contribution in [0.25, 0.3) is 5.76 Å². The van der Waals surface area contributed by atoms with Crippen molar-refractivity contribution >= 4 is 17.6 Å². The van der Waals surface area contributed by atoms with Gasteiger partial charge < -0.3 is 25.6 Å². The minimum Gasteiger partial charge on any atom is -0.496 e. The number of carbonyl (C=O) groups excluding carboxylic acids is 1. The van der Waals surface area contributed by atoms with Gasteiger partial charge in [0, 0.05) is 18.3 Å². The lowest BCUT2D eigenvalue weighted by Gasteiger charge is -2.13. The lowest BCUT2D eigenvalue weighted by molar-refractivity contribution is -0.117. The minimum atomic E-state index is -1.19. The number of methoxy groups -OCH3 is 2. The number of carboxylic acids is 1. The topological polar surface area (TPSA) is 124 Å². The molecule has 0 spiro atoms. The van der Waals surface area contributed by atoms with Crippen molar-refractivity contribution in [2.45, 2.75) is 12.8 Å². The monoisotopic (exact) mass is 403 g/mol. The zero-order valence-corrected chi connectivity index (χ0v) is 16.1. The molecule has 0 aliphatic heterocycles. The van der Waals surface area contributed by atoms with E-state index in [0.717, 1.165) is 11.8 Å². The zero-order valence-electron chi connectivity index (χ0n) is 16.1. The predicted molar refractivity (Wildman–Crippen MR) is 104 cm³/mol. The van der Waals surface area contributed by atoms with Crippen molar-refractivity contribution in [1.82, 2.24) is 10.3 Å². The van der Waals surface area contributed by atoms with Crippen LogP contribution in [0.3, 0.4) is 0 Å². The van der Waals surface area contributed by atoms with Gasteiger partial charge in [0.15, 0.2) is 5.76 Å². The summed E-state index contributed by atoms with van der Waals surface area (Å²) < 4.78 is 23.4. The van der Waals surface area contributed by atoms with Gasteiger partial charge in [-0.3, -0.25) is 9.78 Å². The first-order valence-corrected chi connectivity index (χ1v) is 8.70. The van der Waals surface area contributed by atoms with Crippen molar-refractivity contribution in [3.63, 3.8) is 0 Å². The van der Waals surface area contributed by atoms with E-state index in [1.807, 2.05) is 0 Å². The number of ether oxygens (including phenoxy) is 2. The van der Waals surface area contributed by atoms with Gasteiger partial charge in [-0.1, -0.05) is 0 Å². The van der Waals surface area contributed by atoms with Crippen LogP contribution < -0.4 is 15.8 Å². The van der Waals surface area contributed by atoms with E-state index in [4.69, 9.17) is 15.2 Å². The number of rotatable bonds is 9. The number of benzene rings is 1. The van der Waals surface area contributed by atoms with Gasteiger partial charge in [0.25, 0.3) is 5.91 Å². The van der Waals surface area contributed by atoms with Crippen LogP contribution in [0, 0.1) is 5.82 Å². The van der Waals surface area contributed by atoms with Gasteiger partial charge in [-0.2, -0.15) is 0 Å². The minimum absolute atomic E-state index is 0.0435. The number of pyridine rings is 1. The number of carboxylic acid groups (broad SMARTS) is 1. The third-order valence-corrected chi connectivity index (χ3v) is 4.07. The van der Waals surface area contributed by atoms with Gasteiger partial charge in [0.1, 0.15) is 22.8 Å². The Hall–Kier alpha value is -3.62. The first-order chi connectivity index (χ1) is 13.9. The summed E-state index contributed by atoms with van der Waals surface area (Å²) in [4.78, 5) is 27.5. The molecule has 154 valence electrons. The Balaban J connectivity index is 2.07. The molecule has 4 N–H and O–H groups in total. The number of halogens is 1. The fourth-order valence-electron chi connectivity index (χ4n) is 2.69. The van der Waals surface area contributed by atoms with Crippen LogP contribution in [-0.2, 0) is 16.0 Å². The zero-order chi connectivity index (χ0) is 21.4. The van der Waals surface area contributed by atoms with E-state index in [2.05, 4.69) is 10.3 Å². The van der Waals surface area contributed by atoms with Gasteiger partial charge >= 0.3 is 5.97 Å². The van der Waals surface area contributed by atoms with E-state index < -0.39 is 17.7 Å². The summed E-state index contributed by atoms with van der Waals surface area (Å²) in [6.45, 7) is 0.302. The molecule has 1 aromatic carbocycles. The van der Waals surface area contributed by atoms with Crippen molar-refractivity contribution in [2.75, 3.05) is 20.8 Å². The van der Waals surface area contributed by atoms with Crippen molar-refractivity contribution in [1.29, 1.82) is 0 Å². The summed E-state index contributed by atoms with van der Waals surface area (Å²) in [5.74, 6) is -1.95. The van der Waals surface area contributed by atoms with Gasteiger partial charge in [0.05, 0.1) is 20.4 Å². The van der Waals surface area contributed by atoms with Crippen LogP contribution in [-0.4, -0.2) is 42.7 Å². The number of nitrogens with one attached hydrogen (secondary N) is 1. The summed E-state index contributed by atoms with van der Waals surface area (Å²) in [5, 5.41) is 12.0. The highest BCUT2D eigenvalue weighted by atomic mass is 19.1. The Bertz CT molecular complexity index is 930. The molecule has 1 heterocycles. The second-order valence-electron chi connectivity index (χ2n) is 6.04. The maximum absolute atomic E-state index is 13.1. The van der Waals surface area contributed by atoms with E-state index >= 15 is 0 Å². The molecule has 0 radical (unpaired) electrons. The predicted octanol–water partition coefficient (Wildman–Crippen LogP) is 1.95. The molecule has 0 aliphatic rings. The quantitative estimate of drug-likeness (QED) is 0.332. The number of amides is 1. The number of aromatic nitrogens is 1. The number of hydrogen-bond donors (Lipinski definition) is 3. The Morgan fingerprint density at radius 2 is 2.00 bits per heavy atom. The summed E-state index contributed by atoms with van der Waals surface area (Å²) in [6.07, 6.45) is 3.77. The summed E-state index contributed by atoms with van der Waals surface area (Å²) >= 11 is 0. The summed E-state index contributed by atoms with van der Waals surface area (Å²) in [5.41, 5.74) is 6.68. The standard InChI is InChI=1S/C20H22FN3O5/c1-28-16-6-5-13(9-15(16)20(26)27)18(29-2)17(22)19(25)24-7-3-4-12-8-14(21)11-23-10-12/h5-6,8-11H,3-4,7,22H2,1-2H3,(H,24,25)(H,26,27)/b18-17-. The van der Waals surface area contributed by atoms with Crippen molar-refractivity contribution in [2.24, 2.45) is 5.73 Å². The Morgan fingerprint density at radius 1 is 1.24 bits per heavy atom. The van der Waals surface area contributed by atoms with E-state index in [0.29, 0.717) is 24.9 Å². The molecule has 0 saturated heterocycles. The first-order valence-electron chi connectivity index (χ1n) is 8.70. The third kappa shape index (κ3) is 5.68. The van der Waals surface area contributed by atoms with Crippen LogP contribution in [0.5, 0.6) is 5.75 Å². The molecule has 0 atom stereocenters. The lowest BCUT2D eigenvalue weighted by atomic mass is 10.1.